The molecule has 0 saturated heterocycles. The van der Waals surface area contributed by atoms with Crippen LogP contribution in [0, 0.1) is 13.8 Å². The fourth-order valence-electron chi connectivity index (χ4n) is 1.58. The minimum absolute atomic E-state index is 0.0666. The molecule has 9 heteroatoms. The first-order valence-electron chi connectivity index (χ1n) is 6.22. The van der Waals surface area contributed by atoms with Gasteiger partial charge in [-0.25, -0.2) is 0 Å². The minimum Gasteiger partial charge on any atom is -0.508 e. The fourth-order valence-corrected chi connectivity index (χ4v) is 2.80. The Hall–Kier alpha value is -1.94. The lowest BCUT2D eigenvalue weighted by Crippen LogP contribution is -2.00. The number of phenols is 1. The van der Waals surface area contributed by atoms with Crippen molar-refractivity contribution < 1.29 is 31.0 Å². The molecule has 0 fully saturated rings. The number of aromatic hydroxyl groups is 1. The maximum Gasteiger partial charge on any atom is 0.294 e. The molecular weight excluding hydrogens is 344 g/mol. The smallest absolute Gasteiger partial charge is 0.294 e. The lowest BCUT2D eigenvalue weighted by Gasteiger charge is -2.01. The average Bonchev–Trinajstić information content (AvgIpc) is 2.40. The Morgan fingerprint density at radius 2 is 1.30 bits per heavy atom. The molecule has 0 aliphatic rings. The van der Waals surface area contributed by atoms with Crippen molar-refractivity contribution >= 4 is 20.2 Å². The summed E-state index contributed by atoms with van der Waals surface area (Å²) < 4.78 is 59.5. The molecule has 23 heavy (non-hydrogen) atoms. The van der Waals surface area contributed by atoms with Crippen molar-refractivity contribution in [1.82, 2.24) is 0 Å². The number of hydrogen-bond donors (Lipinski definition) is 3. The first-order valence-corrected chi connectivity index (χ1v) is 9.10. The summed E-state index contributed by atoms with van der Waals surface area (Å²) in [7, 11) is -8.24. The Morgan fingerprint density at radius 1 is 0.783 bits per heavy atom. The number of benzene rings is 2. The zero-order valence-corrected chi connectivity index (χ0v) is 14.0. The van der Waals surface area contributed by atoms with Gasteiger partial charge < -0.3 is 5.11 Å². The van der Waals surface area contributed by atoms with Crippen LogP contribution in [0.1, 0.15) is 11.1 Å². The van der Waals surface area contributed by atoms with Crippen molar-refractivity contribution in [3.8, 4) is 5.75 Å². The summed E-state index contributed by atoms with van der Waals surface area (Å²) in [5.41, 5.74) is 1.35. The second kappa shape index (κ2) is 7.09. The molecule has 2 aromatic carbocycles. The highest BCUT2D eigenvalue weighted by Crippen LogP contribution is 2.19. The third-order valence-corrected chi connectivity index (χ3v) is 4.63. The molecule has 0 aliphatic heterocycles. The van der Waals surface area contributed by atoms with Crippen molar-refractivity contribution in [2.45, 2.75) is 23.6 Å². The Bertz CT molecular complexity index is 883. The van der Waals surface area contributed by atoms with E-state index in [4.69, 9.17) is 14.2 Å². The van der Waals surface area contributed by atoms with Gasteiger partial charge >= 0.3 is 0 Å². The first kappa shape index (κ1) is 19.1. The highest BCUT2D eigenvalue weighted by molar-refractivity contribution is 7.86. The van der Waals surface area contributed by atoms with Crippen LogP contribution in [-0.4, -0.2) is 31.0 Å². The molecule has 0 unspecified atom stereocenters. The van der Waals surface area contributed by atoms with Crippen LogP contribution in [-0.2, 0) is 20.2 Å². The van der Waals surface area contributed by atoms with Gasteiger partial charge in [0.25, 0.3) is 20.2 Å². The van der Waals surface area contributed by atoms with Gasteiger partial charge in [-0.1, -0.05) is 23.8 Å². The molecule has 126 valence electrons. The normalized spacial score (nSPS) is 11.5. The van der Waals surface area contributed by atoms with Crippen LogP contribution in [0.2, 0.25) is 0 Å². The van der Waals surface area contributed by atoms with E-state index in [0.717, 1.165) is 11.6 Å². The molecule has 0 aromatic heterocycles. The number of rotatable bonds is 2. The Kier molecular flexibility index (Phi) is 5.89. The Morgan fingerprint density at radius 3 is 1.70 bits per heavy atom. The summed E-state index contributed by atoms with van der Waals surface area (Å²) in [6, 6.07) is 9.76. The SMILES string of the molecule is Cc1ccc(O)cc1S(=O)(=O)O.Cc1ccc(S(=O)(=O)O)cc1. The standard InChI is InChI=1S/C7H8O4S.C7H8O3S/c1-5-2-3-6(8)4-7(5)12(9,10)11;1-6-2-4-7(5-3-6)11(8,9)10/h2-4,8H,1H3,(H,9,10,11);2-5H,1H3,(H,8,9,10). The molecule has 0 heterocycles. The lowest BCUT2D eigenvalue weighted by molar-refractivity contribution is 0.465. The molecule has 0 bridgehead atoms. The van der Waals surface area contributed by atoms with Gasteiger partial charge in [-0.05, 0) is 37.6 Å². The molecular formula is C14H16O7S2. The Labute approximate surface area is 134 Å². The zero-order chi connectivity index (χ0) is 17.8. The van der Waals surface area contributed by atoms with E-state index in [2.05, 4.69) is 0 Å². The minimum atomic E-state index is -4.22. The third-order valence-electron chi connectivity index (χ3n) is 2.77. The molecule has 3 N–H and O–H groups in total. The highest BCUT2D eigenvalue weighted by Gasteiger charge is 2.12. The second-order valence-corrected chi connectivity index (χ2v) is 7.52. The number of aryl methyl sites for hydroxylation is 2. The second-order valence-electron chi connectivity index (χ2n) is 4.71. The molecule has 0 radical (unpaired) electrons. The van der Waals surface area contributed by atoms with E-state index in [0.29, 0.717) is 5.56 Å². The van der Waals surface area contributed by atoms with Gasteiger partial charge in [0.05, 0.1) is 4.90 Å². The fraction of sp³-hybridized carbons (Fsp3) is 0.143. The van der Waals surface area contributed by atoms with E-state index in [9.17, 15) is 16.8 Å². The quantitative estimate of drug-likeness (QED) is 0.700. The van der Waals surface area contributed by atoms with Crippen LogP contribution in [0.4, 0.5) is 0 Å². The third kappa shape index (κ3) is 5.99. The largest absolute Gasteiger partial charge is 0.508 e. The summed E-state index contributed by atoms with van der Waals surface area (Å²) in [6.45, 7) is 3.37. The van der Waals surface area contributed by atoms with Crippen molar-refractivity contribution in [2.24, 2.45) is 0 Å². The molecule has 0 spiro atoms. The van der Waals surface area contributed by atoms with Crippen LogP contribution in [0.3, 0.4) is 0 Å². The van der Waals surface area contributed by atoms with E-state index in [-0.39, 0.29) is 15.5 Å². The molecule has 2 aromatic rings. The maximum absolute atomic E-state index is 10.7. The van der Waals surface area contributed by atoms with Gasteiger partial charge in [0.2, 0.25) is 0 Å². The van der Waals surface area contributed by atoms with Crippen LogP contribution in [0.15, 0.2) is 52.3 Å². The molecule has 2 rings (SSSR count). The van der Waals surface area contributed by atoms with Gasteiger partial charge in [-0.3, -0.25) is 9.11 Å². The van der Waals surface area contributed by atoms with Gasteiger partial charge in [0, 0.05) is 6.07 Å². The molecule has 0 saturated carbocycles. The molecule has 0 atom stereocenters. The van der Waals surface area contributed by atoms with Gasteiger partial charge in [-0.2, -0.15) is 16.8 Å². The Balaban J connectivity index is 0.000000231. The van der Waals surface area contributed by atoms with Crippen molar-refractivity contribution in [2.75, 3.05) is 0 Å². The van der Waals surface area contributed by atoms with E-state index in [1.165, 1.54) is 31.2 Å². The first-order chi connectivity index (χ1) is 10.4. The van der Waals surface area contributed by atoms with Crippen molar-refractivity contribution in [1.29, 1.82) is 0 Å². The van der Waals surface area contributed by atoms with E-state index in [1.54, 1.807) is 12.1 Å². The molecule has 7 nitrogen and oxygen atoms in total. The summed E-state index contributed by atoms with van der Waals surface area (Å²) >= 11 is 0. The van der Waals surface area contributed by atoms with E-state index in [1.807, 2.05) is 6.92 Å². The highest BCUT2D eigenvalue weighted by atomic mass is 32.2. The number of hydrogen-bond acceptors (Lipinski definition) is 5. The monoisotopic (exact) mass is 360 g/mol. The summed E-state index contributed by atoms with van der Waals surface area (Å²) in [5, 5.41) is 8.93. The van der Waals surface area contributed by atoms with Gasteiger partial charge in [0.15, 0.2) is 0 Å². The number of phenolic OH excluding ortho intramolecular Hbond substituents is 1. The predicted octanol–water partition coefficient (Wildman–Crippen LogP) is 2.19. The summed E-state index contributed by atoms with van der Waals surface area (Å²) in [4.78, 5) is -0.328. The van der Waals surface area contributed by atoms with Crippen LogP contribution in [0.25, 0.3) is 0 Å². The van der Waals surface area contributed by atoms with Gasteiger partial charge in [-0.15, -0.1) is 0 Å². The summed E-state index contributed by atoms with van der Waals surface area (Å²) in [6.07, 6.45) is 0. The van der Waals surface area contributed by atoms with Crippen molar-refractivity contribution in [3.05, 3.63) is 53.6 Å². The maximum atomic E-state index is 10.7. The molecule has 0 aliphatic carbocycles. The lowest BCUT2D eigenvalue weighted by atomic mass is 10.2. The van der Waals surface area contributed by atoms with Crippen LogP contribution >= 0.6 is 0 Å². The summed E-state index contributed by atoms with van der Waals surface area (Å²) in [5.74, 6) is -0.187. The zero-order valence-electron chi connectivity index (χ0n) is 12.3. The topological polar surface area (TPSA) is 129 Å². The van der Waals surface area contributed by atoms with Crippen molar-refractivity contribution in [3.63, 3.8) is 0 Å². The van der Waals surface area contributed by atoms with Crippen LogP contribution in [0.5, 0.6) is 5.75 Å². The van der Waals surface area contributed by atoms with E-state index >= 15 is 0 Å². The van der Waals surface area contributed by atoms with Gasteiger partial charge in [0.1, 0.15) is 10.6 Å². The molecule has 0 amide bonds. The average molecular weight is 360 g/mol. The van der Waals surface area contributed by atoms with Crippen LogP contribution < -0.4 is 0 Å². The predicted molar refractivity (Wildman–Crippen MR) is 83.7 cm³/mol. The van der Waals surface area contributed by atoms with E-state index < -0.39 is 20.2 Å².